The van der Waals surface area contributed by atoms with E-state index in [1.807, 2.05) is 13.1 Å². The molecule has 4 nitrogen and oxygen atoms in total. The second-order valence-corrected chi connectivity index (χ2v) is 4.20. The summed E-state index contributed by atoms with van der Waals surface area (Å²) in [5, 5.41) is 6.92. The maximum Gasteiger partial charge on any atom is 0.0968 e. The topological polar surface area (TPSA) is 67.1 Å². The number of aromatic amines is 1. The zero-order valence-corrected chi connectivity index (χ0v) is 9.16. The Kier molecular flexibility index (Phi) is 3.04. The lowest BCUT2D eigenvalue weighted by Gasteiger charge is -1.99. The first kappa shape index (κ1) is 10.2. The van der Waals surface area contributed by atoms with Gasteiger partial charge in [0, 0.05) is 18.2 Å². The van der Waals surface area contributed by atoms with Gasteiger partial charge in [-0.15, -0.1) is 0 Å². The number of rotatable bonds is 5. The lowest BCUT2D eigenvalue weighted by molar-refractivity contribution is 0.823. The van der Waals surface area contributed by atoms with E-state index in [-0.39, 0.29) is 0 Å². The van der Waals surface area contributed by atoms with Crippen molar-refractivity contribution in [3.05, 3.63) is 17.5 Å². The van der Waals surface area contributed by atoms with Crippen LogP contribution in [-0.2, 0) is 6.42 Å². The van der Waals surface area contributed by atoms with Gasteiger partial charge in [-0.25, -0.2) is 0 Å². The van der Waals surface area contributed by atoms with Crippen molar-refractivity contribution in [3.8, 4) is 0 Å². The van der Waals surface area contributed by atoms with Gasteiger partial charge in [-0.3, -0.25) is 10.1 Å². The van der Waals surface area contributed by atoms with Crippen LogP contribution in [-0.4, -0.2) is 22.6 Å². The summed E-state index contributed by atoms with van der Waals surface area (Å²) in [7, 11) is 0. The third-order valence-electron chi connectivity index (χ3n) is 2.83. The molecule has 1 aliphatic rings. The first-order valence-electron chi connectivity index (χ1n) is 5.56. The Labute approximate surface area is 90.0 Å². The third-order valence-corrected chi connectivity index (χ3v) is 2.83. The number of aromatic nitrogens is 2. The van der Waals surface area contributed by atoms with Crippen LogP contribution < -0.4 is 5.73 Å². The average Bonchev–Trinajstić information content (AvgIpc) is 2.99. The molecule has 0 spiro atoms. The molecule has 0 atom stereocenters. The first-order chi connectivity index (χ1) is 7.27. The molecule has 0 radical (unpaired) electrons. The molecule has 0 amide bonds. The Balaban J connectivity index is 1.71. The predicted octanol–water partition coefficient (Wildman–Crippen LogP) is 1.42. The van der Waals surface area contributed by atoms with Crippen LogP contribution in [0.5, 0.6) is 0 Å². The van der Waals surface area contributed by atoms with Crippen LogP contribution >= 0.6 is 0 Å². The van der Waals surface area contributed by atoms with E-state index >= 15 is 0 Å². The van der Waals surface area contributed by atoms with E-state index in [0.29, 0.717) is 5.92 Å². The molecule has 4 heteroatoms. The van der Waals surface area contributed by atoms with Crippen molar-refractivity contribution in [1.29, 1.82) is 0 Å². The van der Waals surface area contributed by atoms with Gasteiger partial charge in [0.05, 0.1) is 12.0 Å². The number of nitrogens with two attached hydrogens (primary N) is 1. The van der Waals surface area contributed by atoms with Crippen molar-refractivity contribution in [2.75, 3.05) is 6.54 Å². The fourth-order valence-electron chi connectivity index (χ4n) is 1.61. The lowest BCUT2D eigenvalue weighted by atomic mass is 10.1. The molecule has 1 heterocycles. The highest BCUT2D eigenvalue weighted by Crippen LogP contribution is 2.28. The van der Waals surface area contributed by atoms with E-state index in [4.69, 9.17) is 5.73 Å². The molecule has 0 bridgehead atoms. The van der Waals surface area contributed by atoms with Crippen LogP contribution in [0.3, 0.4) is 0 Å². The van der Waals surface area contributed by atoms with Gasteiger partial charge in [0.1, 0.15) is 0 Å². The zero-order valence-electron chi connectivity index (χ0n) is 9.16. The Morgan fingerprint density at radius 3 is 3.07 bits per heavy atom. The highest BCUT2D eigenvalue weighted by molar-refractivity contribution is 5.84. The number of hydrogen-bond donors (Lipinski definition) is 2. The lowest BCUT2D eigenvalue weighted by Crippen LogP contribution is -2.14. The summed E-state index contributed by atoms with van der Waals surface area (Å²) in [5.74, 6) is 1.46. The summed E-state index contributed by atoms with van der Waals surface area (Å²) < 4.78 is 0. The highest BCUT2D eigenvalue weighted by atomic mass is 15.1. The van der Waals surface area contributed by atoms with Crippen molar-refractivity contribution >= 4 is 5.84 Å². The Bertz CT molecular complexity index is 349. The zero-order chi connectivity index (χ0) is 10.7. The SMILES string of the molecule is Cc1[nH]ncc1CCCN=C(N)C1CC1. The van der Waals surface area contributed by atoms with Crippen LogP contribution in [0.4, 0.5) is 0 Å². The van der Waals surface area contributed by atoms with Crippen LogP contribution in [0.2, 0.25) is 0 Å². The predicted molar refractivity (Wildman–Crippen MR) is 60.9 cm³/mol. The molecule has 0 aromatic carbocycles. The molecule has 1 aliphatic carbocycles. The number of aryl methyl sites for hydroxylation is 2. The molecule has 0 saturated heterocycles. The third kappa shape index (κ3) is 2.81. The quantitative estimate of drug-likeness (QED) is 0.434. The molecule has 1 saturated carbocycles. The van der Waals surface area contributed by atoms with Crippen LogP contribution in [0, 0.1) is 12.8 Å². The molecule has 82 valence electrons. The Morgan fingerprint density at radius 1 is 1.67 bits per heavy atom. The second-order valence-electron chi connectivity index (χ2n) is 4.20. The van der Waals surface area contributed by atoms with Gasteiger partial charge >= 0.3 is 0 Å². The minimum Gasteiger partial charge on any atom is -0.387 e. The Hall–Kier alpha value is -1.32. The summed E-state index contributed by atoms with van der Waals surface area (Å²) >= 11 is 0. The monoisotopic (exact) mass is 206 g/mol. The van der Waals surface area contributed by atoms with E-state index in [2.05, 4.69) is 15.2 Å². The van der Waals surface area contributed by atoms with Crippen LogP contribution in [0.25, 0.3) is 0 Å². The van der Waals surface area contributed by atoms with Crippen molar-refractivity contribution in [3.63, 3.8) is 0 Å². The summed E-state index contributed by atoms with van der Waals surface area (Å²) in [6, 6.07) is 0. The van der Waals surface area contributed by atoms with Gasteiger partial charge in [0.15, 0.2) is 0 Å². The van der Waals surface area contributed by atoms with E-state index in [1.165, 1.54) is 18.4 Å². The molecule has 2 rings (SSSR count). The molecular weight excluding hydrogens is 188 g/mol. The molecule has 1 fully saturated rings. The van der Waals surface area contributed by atoms with Gasteiger partial charge in [0.25, 0.3) is 0 Å². The number of aliphatic imine (C=N–C) groups is 1. The van der Waals surface area contributed by atoms with Crippen LogP contribution in [0.15, 0.2) is 11.2 Å². The average molecular weight is 206 g/mol. The molecule has 1 aromatic rings. The van der Waals surface area contributed by atoms with Crippen molar-refractivity contribution in [2.24, 2.45) is 16.6 Å². The highest BCUT2D eigenvalue weighted by Gasteiger charge is 2.24. The molecule has 15 heavy (non-hydrogen) atoms. The normalized spacial score (nSPS) is 17.0. The van der Waals surface area contributed by atoms with Crippen LogP contribution in [0.1, 0.15) is 30.5 Å². The minimum atomic E-state index is 0.598. The van der Waals surface area contributed by atoms with E-state index in [9.17, 15) is 0 Å². The van der Waals surface area contributed by atoms with E-state index < -0.39 is 0 Å². The van der Waals surface area contributed by atoms with Gasteiger partial charge < -0.3 is 5.73 Å². The molecule has 0 unspecified atom stereocenters. The molecular formula is C11H18N4. The van der Waals surface area contributed by atoms with Gasteiger partial charge in [-0.1, -0.05) is 0 Å². The number of hydrogen-bond acceptors (Lipinski definition) is 2. The van der Waals surface area contributed by atoms with Gasteiger partial charge in [-0.2, -0.15) is 5.10 Å². The van der Waals surface area contributed by atoms with Crippen molar-refractivity contribution in [2.45, 2.75) is 32.6 Å². The summed E-state index contributed by atoms with van der Waals surface area (Å²) in [5.41, 5.74) is 8.25. The van der Waals surface area contributed by atoms with Gasteiger partial charge in [-0.05, 0) is 38.2 Å². The number of amidine groups is 1. The fourth-order valence-corrected chi connectivity index (χ4v) is 1.61. The van der Waals surface area contributed by atoms with E-state index in [1.54, 1.807) is 0 Å². The fraction of sp³-hybridized carbons (Fsp3) is 0.636. The van der Waals surface area contributed by atoms with Crippen molar-refractivity contribution < 1.29 is 0 Å². The molecule has 1 aromatic heterocycles. The first-order valence-corrected chi connectivity index (χ1v) is 5.56. The Morgan fingerprint density at radius 2 is 2.47 bits per heavy atom. The number of nitrogens with one attached hydrogen (secondary N) is 1. The largest absolute Gasteiger partial charge is 0.387 e. The maximum atomic E-state index is 5.80. The summed E-state index contributed by atoms with van der Waals surface area (Å²) in [4.78, 5) is 4.38. The van der Waals surface area contributed by atoms with Crippen molar-refractivity contribution in [1.82, 2.24) is 10.2 Å². The minimum absolute atomic E-state index is 0.598. The molecule has 0 aliphatic heterocycles. The summed E-state index contributed by atoms with van der Waals surface area (Å²) in [6.07, 6.45) is 6.44. The summed E-state index contributed by atoms with van der Waals surface area (Å²) in [6.45, 7) is 2.89. The van der Waals surface area contributed by atoms with E-state index in [0.717, 1.165) is 30.9 Å². The second kappa shape index (κ2) is 4.47. The maximum absolute atomic E-state index is 5.80. The standard InChI is InChI=1S/C11H18N4/c1-8-10(7-14-15-8)3-2-6-13-11(12)9-4-5-9/h7,9H,2-6H2,1H3,(H2,12,13)(H,14,15). The molecule has 3 N–H and O–H groups in total. The number of nitrogens with zero attached hydrogens (tertiary/aromatic N) is 2. The number of H-pyrrole nitrogens is 1. The smallest absolute Gasteiger partial charge is 0.0968 e. The van der Waals surface area contributed by atoms with Gasteiger partial charge in [0.2, 0.25) is 0 Å².